The summed E-state index contributed by atoms with van der Waals surface area (Å²) in [4.78, 5) is 4.28. The Morgan fingerprint density at radius 3 is 2.73 bits per heavy atom. The highest BCUT2D eigenvalue weighted by molar-refractivity contribution is 5.80. The van der Waals surface area contributed by atoms with Crippen LogP contribution < -0.4 is 10.6 Å². The van der Waals surface area contributed by atoms with Crippen LogP contribution in [0.25, 0.3) is 0 Å². The molecule has 0 atom stereocenters. The van der Waals surface area contributed by atoms with Crippen molar-refractivity contribution in [2.75, 3.05) is 7.05 Å². The second-order valence-electron chi connectivity index (χ2n) is 5.87. The number of nitrogens with one attached hydrogen (secondary N) is 2. The Bertz CT molecular complexity index is 628. The second-order valence-corrected chi connectivity index (χ2v) is 5.87. The highest BCUT2D eigenvalue weighted by Gasteiger charge is 2.31. The Balaban J connectivity index is 1.47. The van der Waals surface area contributed by atoms with Crippen molar-refractivity contribution in [3.63, 3.8) is 0 Å². The molecule has 0 spiro atoms. The van der Waals surface area contributed by atoms with E-state index in [1.165, 1.54) is 11.1 Å². The van der Waals surface area contributed by atoms with E-state index in [1.54, 1.807) is 13.3 Å². The predicted octanol–water partition coefficient (Wildman–Crippen LogP) is 3.20. The first-order valence-electron chi connectivity index (χ1n) is 7.81. The van der Waals surface area contributed by atoms with Gasteiger partial charge in [-0.05, 0) is 48.9 Å². The van der Waals surface area contributed by atoms with Gasteiger partial charge in [0.2, 0.25) is 0 Å². The molecule has 1 aromatic carbocycles. The van der Waals surface area contributed by atoms with Gasteiger partial charge in [0.05, 0.1) is 12.8 Å². The molecule has 22 heavy (non-hydrogen) atoms. The van der Waals surface area contributed by atoms with Crippen LogP contribution in [0.4, 0.5) is 0 Å². The van der Waals surface area contributed by atoms with Gasteiger partial charge in [0.15, 0.2) is 5.96 Å². The molecular formula is C18H23N3O. The number of hydrogen-bond donors (Lipinski definition) is 2. The number of furan rings is 1. The summed E-state index contributed by atoms with van der Waals surface area (Å²) >= 11 is 0. The first kappa shape index (κ1) is 14.7. The van der Waals surface area contributed by atoms with Gasteiger partial charge in [0.1, 0.15) is 5.76 Å². The van der Waals surface area contributed by atoms with Gasteiger partial charge in [-0.15, -0.1) is 0 Å². The van der Waals surface area contributed by atoms with Crippen LogP contribution in [0.1, 0.15) is 35.6 Å². The van der Waals surface area contributed by atoms with Crippen molar-refractivity contribution in [1.82, 2.24) is 10.6 Å². The fourth-order valence-corrected chi connectivity index (χ4v) is 3.01. The molecule has 1 fully saturated rings. The summed E-state index contributed by atoms with van der Waals surface area (Å²) in [6.07, 6.45) is 4.00. The van der Waals surface area contributed by atoms with E-state index in [0.717, 1.165) is 24.6 Å². The van der Waals surface area contributed by atoms with E-state index in [9.17, 15) is 0 Å². The number of nitrogens with zero attached hydrogens (tertiary/aromatic N) is 1. The van der Waals surface area contributed by atoms with Crippen molar-refractivity contribution in [2.45, 2.75) is 38.3 Å². The van der Waals surface area contributed by atoms with Crippen molar-refractivity contribution >= 4 is 5.96 Å². The van der Waals surface area contributed by atoms with Gasteiger partial charge in [-0.25, -0.2) is 0 Å². The van der Waals surface area contributed by atoms with Gasteiger partial charge in [-0.3, -0.25) is 4.99 Å². The lowest BCUT2D eigenvalue weighted by atomic mass is 9.74. The molecule has 1 heterocycles. The van der Waals surface area contributed by atoms with Crippen molar-refractivity contribution in [1.29, 1.82) is 0 Å². The summed E-state index contributed by atoms with van der Waals surface area (Å²) < 4.78 is 5.32. The van der Waals surface area contributed by atoms with Gasteiger partial charge >= 0.3 is 0 Å². The second kappa shape index (κ2) is 6.69. The van der Waals surface area contributed by atoms with E-state index in [2.05, 4.69) is 46.8 Å². The number of aryl methyl sites for hydroxylation is 1. The summed E-state index contributed by atoms with van der Waals surface area (Å²) in [5.74, 6) is 2.42. The summed E-state index contributed by atoms with van der Waals surface area (Å²) in [6.45, 7) is 2.85. The Morgan fingerprint density at radius 2 is 2.05 bits per heavy atom. The highest BCUT2D eigenvalue weighted by Crippen LogP contribution is 2.38. The summed E-state index contributed by atoms with van der Waals surface area (Å²) in [6, 6.07) is 13.0. The first-order valence-corrected chi connectivity index (χ1v) is 7.81. The monoisotopic (exact) mass is 297 g/mol. The molecule has 4 nitrogen and oxygen atoms in total. The highest BCUT2D eigenvalue weighted by atomic mass is 16.3. The molecule has 0 bridgehead atoms. The van der Waals surface area contributed by atoms with E-state index in [0.29, 0.717) is 18.5 Å². The van der Waals surface area contributed by atoms with Gasteiger partial charge in [0, 0.05) is 13.1 Å². The van der Waals surface area contributed by atoms with Gasteiger partial charge in [0.25, 0.3) is 0 Å². The fourth-order valence-electron chi connectivity index (χ4n) is 3.01. The molecule has 0 saturated heterocycles. The number of guanidine groups is 1. The molecule has 3 rings (SSSR count). The van der Waals surface area contributed by atoms with Crippen LogP contribution in [-0.2, 0) is 6.54 Å². The first-order chi connectivity index (χ1) is 10.8. The maximum Gasteiger partial charge on any atom is 0.191 e. The Labute approximate surface area is 131 Å². The third-order valence-electron chi connectivity index (χ3n) is 4.34. The number of aliphatic imine (C=N–C) groups is 1. The largest absolute Gasteiger partial charge is 0.467 e. The molecule has 1 aromatic heterocycles. The third-order valence-corrected chi connectivity index (χ3v) is 4.34. The van der Waals surface area contributed by atoms with Crippen molar-refractivity contribution in [3.05, 3.63) is 59.5 Å². The molecule has 4 heteroatoms. The normalized spacial score (nSPS) is 21.3. The zero-order valence-corrected chi connectivity index (χ0v) is 13.2. The average Bonchev–Trinajstić information content (AvgIpc) is 3.00. The third kappa shape index (κ3) is 3.32. The van der Waals surface area contributed by atoms with Gasteiger partial charge < -0.3 is 15.1 Å². The molecule has 0 aliphatic heterocycles. The molecule has 0 amide bonds. The molecule has 0 unspecified atom stereocenters. The van der Waals surface area contributed by atoms with Crippen LogP contribution in [-0.4, -0.2) is 19.0 Å². The molecular weight excluding hydrogens is 274 g/mol. The molecule has 116 valence electrons. The lowest BCUT2D eigenvalue weighted by Gasteiger charge is -2.37. The van der Waals surface area contributed by atoms with Gasteiger partial charge in [-0.1, -0.05) is 24.3 Å². The number of benzene rings is 1. The fraction of sp³-hybridized carbons (Fsp3) is 0.389. The van der Waals surface area contributed by atoms with E-state index < -0.39 is 0 Å². The summed E-state index contributed by atoms with van der Waals surface area (Å²) in [5.41, 5.74) is 2.88. The number of hydrogen-bond acceptors (Lipinski definition) is 2. The molecule has 2 aromatic rings. The summed E-state index contributed by atoms with van der Waals surface area (Å²) in [7, 11) is 1.80. The van der Waals surface area contributed by atoms with E-state index in [-0.39, 0.29) is 0 Å². The van der Waals surface area contributed by atoms with Gasteiger partial charge in [-0.2, -0.15) is 0 Å². The Kier molecular flexibility index (Phi) is 4.47. The SMILES string of the molecule is CN=C(NCc1ccco1)NC1CC(c2ccccc2C)C1. The van der Waals surface area contributed by atoms with Crippen LogP contribution in [0.3, 0.4) is 0 Å². The Hall–Kier alpha value is -2.23. The molecule has 1 aliphatic carbocycles. The average molecular weight is 297 g/mol. The minimum absolute atomic E-state index is 0.493. The molecule has 1 saturated carbocycles. The van der Waals surface area contributed by atoms with Crippen LogP contribution in [0.2, 0.25) is 0 Å². The van der Waals surface area contributed by atoms with E-state index in [4.69, 9.17) is 4.42 Å². The Morgan fingerprint density at radius 1 is 1.23 bits per heavy atom. The topological polar surface area (TPSA) is 49.6 Å². The zero-order chi connectivity index (χ0) is 15.4. The minimum Gasteiger partial charge on any atom is -0.467 e. The van der Waals surface area contributed by atoms with Crippen LogP contribution in [0.15, 0.2) is 52.1 Å². The predicted molar refractivity (Wildman–Crippen MR) is 89.0 cm³/mol. The maximum absolute atomic E-state index is 5.32. The number of rotatable bonds is 4. The van der Waals surface area contributed by atoms with Crippen LogP contribution in [0.5, 0.6) is 0 Å². The molecule has 1 aliphatic rings. The van der Waals surface area contributed by atoms with Crippen LogP contribution in [0, 0.1) is 6.92 Å². The molecule has 2 N–H and O–H groups in total. The smallest absolute Gasteiger partial charge is 0.191 e. The maximum atomic E-state index is 5.32. The minimum atomic E-state index is 0.493. The quantitative estimate of drug-likeness (QED) is 0.673. The lowest BCUT2D eigenvalue weighted by molar-refractivity contribution is 0.320. The van der Waals surface area contributed by atoms with Crippen molar-refractivity contribution in [3.8, 4) is 0 Å². The lowest BCUT2D eigenvalue weighted by Crippen LogP contribution is -2.48. The summed E-state index contributed by atoms with van der Waals surface area (Å²) in [5, 5.41) is 6.76. The van der Waals surface area contributed by atoms with Crippen LogP contribution >= 0.6 is 0 Å². The van der Waals surface area contributed by atoms with Crippen molar-refractivity contribution in [2.24, 2.45) is 4.99 Å². The zero-order valence-electron chi connectivity index (χ0n) is 13.2. The van der Waals surface area contributed by atoms with Crippen molar-refractivity contribution < 1.29 is 4.42 Å². The molecule has 0 radical (unpaired) electrons. The van der Waals surface area contributed by atoms with E-state index >= 15 is 0 Å². The van der Waals surface area contributed by atoms with E-state index in [1.807, 2.05) is 12.1 Å². The standard InChI is InChI=1S/C18H23N3O/c1-13-6-3-4-8-17(13)14-10-15(11-14)21-18(19-2)20-12-16-7-5-9-22-16/h3-9,14-15H,10-12H2,1-2H3,(H2,19,20,21).